The van der Waals surface area contributed by atoms with Crippen molar-refractivity contribution in [3.8, 4) is 0 Å². The molecule has 11 atom stereocenters. The zero-order chi connectivity index (χ0) is 75.8. The van der Waals surface area contributed by atoms with Gasteiger partial charge in [-0.1, -0.05) is 46.0 Å². The molecule has 2 bridgehead atoms. The number of amides is 12. The lowest BCUT2D eigenvalue weighted by molar-refractivity contribution is -0.219. The summed E-state index contributed by atoms with van der Waals surface area (Å²) in [7, 11) is 10.8. The molecule has 576 valence electrons. The average Bonchev–Trinajstić information content (AvgIpc) is 1.12. The van der Waals surface area contributed by atoms with Crippen LogP contribution in [0.25, 0.3) is 0 Å². The first kappa shape index (κ1) is 82.4. The van der Waals surface area contributed by atoms with E-state index in [2.05, 4.69) is 16.0 Å². The Labute approximate surface area is 593 Å². The summed E-state index contributed by atoms with van der Waals surface area (Å²) >= 11 is 0. The van der Waals surface area contributed by atoms with Crippen LogP contribution in [0.5, 0.6) is 0 Å². The highest BCUT2D eigenvalue weighted by molar-refractivity contribution is 6.01. The van der Waals surface area contributed by atoms with Crippen LogP contribution >= 0.6 is 0 Å². The van der Waals surface area contributed by atoms with Crippen LogP contribution in [-0.4, -0.2) is 276 Å². The number of carbonyl (C=O) groups excluding carboxylic acids is 12. The van der Waals surface area contributed by atoms with E-state index in [0.717, 1.165) is 24.5 Å². The minimum Gasteiger partial charge on any atom is -0.347 e. The van der Waals surface area contributed by atoms with Gasteiger partial charge in [0.15, 0.2) is 0 Å². The van der Waals surface area contributed by atoms with E-state index in [4.69, 9.17) is 0 Å². The van der Waals surface area contributed by atoms with E-state index < -0.39 is 224 Å². The van der Waals surface area contributed by atoms with Crippen LogP contribution in [0.4, 0.5) is 35.1 Å². The van der Waals surface area contributed by atoms with Crippen LogP contribution in [0.1, 0.15) is 175 Å². The number of fused-ring (bicyclic) bond motifs is 3. The molecule has 12 amide bonds. The molecule has 3 N–H and O–H groups in total. The number of nitrogens with one attached hydrogen (secondary N) is 3. The topological polar surface area (TPSA) is 270 Å². The predicted molar refractivity (Wildman–Crippen MR) is 357 cm³/mol. The second-order valence-electron chi connectivity index (χ2n) is 30.4. The molecule has 32 heteroatoms. The van der Waals surface area contributed by atoms with Crippen LogP contribution in [0, 0.1) is 35.5 Å². The Kier molecular flexibility index (Phi) is 28.1. The van der Waals surface area contributed by atoms with Gasteiger partial charge in [-0.05, 0) is 146 Å². The van der Waals surface area contributed by atoms with Crippen LogP contribution in [0.3, 0.4) is 0 Å². The number of halogens is 8. The molecule has 3 heterocycles. The van der Waals surface area contributed by atoms with E-state index in [1.807, 2.05) is 0 Å². The van der Waals surface area contributed by atoms with Gasteiger partial charge in [0.05, 0.1) is 25.4 Å². The van der Waals surface area contributed by atoms with Gasteiger partial charge in [0.25, 0.3) is 0 Å². The first-order valence-electron chi connectivity index (χ1n) is 36.4. The zero-order valence-corrected chi connectivity index (χ0v) is 61.0. The van der Waals surface area contributed by atoms with Crippen molar-refractivity contribution in [1.29, 1.82) is 0 Å². The lowest BCUT2D eigenvalue weighted by Crippen LogP contribution is -2.68. The standard InChI is InChI=1S/C70H108F8N12O12/c1-12-40(2)57-65(100)84(7)39-55(93)86(9)50-22-14-13-17-32-90(64(50)99)52(36-42-24-27-45(28-25-42)69(73,74)75)63(98)83(6)38-53(91)79-48(29-26-43-34-46(71)56(47(72)35-43)70(76,77)78)61(96)89-33-18-23-49(89)60(95)81-68(30-19-31-68)67(102)88(11)58(44-20-15-16-21-44)66(101)87(10)51(62(97)82(4)5)37-54(92)85(8)41(3)59(94)80-57/h40-52,56-58H,12-39H2,1-11H3,(H,79,91)(H,80,94)(H,81,95)/t40-,41-,42?,43?,45?,46?,47?,48-,49-,50-,51-,52-,56?,57-,58-/m0/s1. The SMILES string of the molecule is CC[C@H](C)[C@@H]1NC(=O)[C@H](C)N(C)C(=O)C[C@@H](C(=O)N(C)C)N(C)C(=O)[C@H](C2CCCC2)N(C)C(=O)C2(CCC2)NC(=O)[C@@H]2CCCN2C(=O)[C@H](CCC2CC(F)C(C(F)(F)F)C(F)C2)NC(=O)CN(C)C(=O)[C@H](CC2CCC(C(F)(F)F)CC2)N2CCCCC[C@@H](C2=O)N(C)C(=O)CN(C)C1=O. The highest BCUT2D eigenvalue weighted by Crippen LogP contribution is 2.46. The van der Waals surface area contributed by atoms with Crippen LogP contribution in [-0.2, 0) is 57.5 Å². The number of likely N-dealkylation sites (N-methyl/N-ethyl adjacent to an activating group) is 7. The molecule has 3 saturated heterocycles. The molecular weight excluding hydrogens is 1350 g/mol. The lowest BCUT2D eigenvalue weighted by atomic mass is 9.74. The highest BCUT2D eigenvalue weighted by atomic mass is 19.4. The van der Waals surface area contributed by atoms with Crippen LogP contribution in [0.2, 0.25) is 0 Å². The van der Waals surface area contributed by atoms with Crippen molar-refractivity contribution in [2.75, 3.05) is 82.6 Å². The molecule has 24 nitrogen and oxygen atoms in total. The van der Waals surface area contributed by atoms with Gasteiger partial charge in [-0.3, -0.25) is 57.5 Å². The number of hydrogen-bond acceptors (Lipinski definition) is 12. The molecule has 7 rings (SSSR count). The number of rotatable bonds is 9. The maximum absolute atomic E-state index is 15.3. The third-order valence-electron chi connectivity index (χ3n) is 23.3. The Morgan fingerprint density at radius 2 is 1.18 bits per heavy atom. The summed E-state index contributed by atoms with van der Waals surface area (Å²) in [5.74, 6) is -16.3. The first-order valence-corrected chi connectivity index (χ1v) is 36.4. The van der Waals surface area contributed by atoms with Gasteiger partial charge in [-0.15, -0.1) is 0 Å². The Hall–Kier alpha value is -6.92. The van der Waals surface area contributed by atoms with Gasteiger partial charge in [0.1, 0.15) is 72.1 Å². The smallest absolute Gasteiger partial charge is 0.347 e. The minimum atomic E-state index is -5.20. The van der Waals surface area contributed by atoms with Crippen molar-refractivity contribution in [1.82, 2.24) is 60.0 Å². The molecule has 4 aliphatic carbocycles. The van der Waals surface area contributed by atoms with Crippen molar-refractivity contribution in [2.45, 2.75) is 253 Å². The summed E-state index contributed by atoms with van der Waals surface area (Å²) in [6.07, 6.45) is -13.5. The van der Waals surface area contributed by atoms with Crippen molar-refractivity contribution in [2.24, 2.45) is 35.5 Å². The third kappa shape index (κ3) is 19.3. The van der Waals surface area contributed by atoms with Crippen LogP contribution < -0.4 is 16.0 Å². The zero-order valence-electron chi connectivity index (χ0n) is 61.0. The Balaban J connectivity index is 1.28. The molecule has 3 aliphatic heterocycles. The van der Waals surface area contributed by atoms with Crippen LogP contribution in [0.15, 0.2) is 0 Å². The van der Waals surface area contributed by atoms with Gasteiger partial charge >= 0.3 is 12.4 Å². The molecule has 0 aromatic heterocycles. The largest absolute Gasteiger partial charge is 0.397 e. The van der Waals surface area contributed by atoms with Crippen molar-refractivity contribution < 1.29 is 92.7 Å². The fourth-order valence-corrected chi connectivity index (χ4v) is 16.3. The van der Waals surface area contributed by atoms with Gasteiger partial charge in [0.2, 0.25) is 70.9 Å². The predicted octanol–water partition coefficient (Wildman–Crippen LogP) is 5.53. The van der Waals surface area contributed by atoms with Gasteiger partial charge in [-0.25, -0.2) is 8.78 Å². The second-order valence-corrected chi connectivity index (χ2v) is 30.4. The van der Waals surface area contributed by atoms with E-state index in [0.29, 0.717) is 57.8 Å². The maximum Gasteiger partial charge on any atom is 0.397 e. The monoisotopic (exact) mass is 1460 g/mol. The molecule has 7 aliphatic rings. The quantitative estimate of drug-likeness (QED) is 0.241. The average molecular weight is 1460 g/mol. The Bertz CT molecular complexity index is 3030. The van der Waals surface area contributed by atoms with E-state index >= 15 is 32.8 Å². The van der Waals surface area contributed by atoms with Crippen molar-refractivity contribution in [3.05, 3.63) is 0 Å². The Morgan fingerprint density at radius 3 is 1.75 bits per heavy atom. The molecule has 7 fully saturated rings. The summed E-state index contributed by atoms with van der Waals surface area (Å²) in [5.41, 5.74) is -1.63. The summed E-state index contributed by atoms with van der Waals surface area (Å²) in [5, 5.41) is 8.29. The number of alkyl halides is 8. The van der Waals surface area contributed by atoms with E-state index in [9.17, 15) is 59.9 Å². The second kappa shape index (κ2) is 34.8. The lowest BCUT2D eigenvalue weighted by Gasteiger charge is -2.46. The fraction of sp³-hybridized carbons (Fsp3) is 0.829. The molecular formula is C70H108F8N12O12. The minimum absolute atomic E-state index is 0.0192. The Morgan fingerprint density at radius 1 is 0.588 bits per heavy atom. The summed E-state index contributed by atoms with van der Waals surface area (Å²) in [6, 6.07) is -10.9. The van der Waals surface area contributed by atoms with Gasteiger partial charge < -0.3 is 60.0 Å². The number of hydrogen-bond donors (Lipinski definition) is 3. The normalized spacial score (nSPS) is 32.2. The number of nitrogens with zero attached hydrogens (tertiary/aromatic N) is 9. The summed E-state index contributed by atoms with van der Waals surface area (Å²) in [6.45, 7) is 3.25. The molecule has 0 aromatic carbocycles. The van der Waals surface area contributed by atoms with Gasteiger partial charge in [0, 0.05) is 69.5 Å². The third-order valence-corrected chi connectivity index (χ3v) is 23.3. The fourth-order valence-electron chi connectivity index (χ4n) is 16.3. The molecule has 102 heavy (non-hydrogen) atoms. The molecule has 4 saturated carbocycles. The van der Waals surface area contributed by atoms with E-state index in [-0.39, 0.29) is 83.7 Å². The molecule has 0 radical (unpaired) electrons. The van der Waals surface area contributed by atoms with Gasteiger partial charge in [-0.2, -0.15) is 26.3 Å². The van der Waals surface area contributed by atoms with E-state index in [1.54, 1.807) is 13.8 Å². The maximum atomic E-state index is 15.3. The molecule has 1 spiro atoms. The molecule has 2 unspecified atom stereocenters. The van der Waals surface area contributed by atoms with E-state index in [1.165, 1.54) is 82.9 Å². The molecule has 0 aromatic rings. The summed E-state index contributed by atoms with van der Waals surface area (Å²) < 4.78 is 114. The number of carbonyl (C=O) groups is 12. The summed E-state index contributed by atoms with van der Waals surface area (Å²) in [4.78, 5) is 188. The van der Waals surface area contributed by atoms with Crippen molar-refractivity contribution in [3.63, 3.8) is 0 Å². The van der Waals surface area contributed by atoms with Crippen molar-refractivity contribution >= 4 is 70.9 Å². The highest BCUT2D eigenvalue weighted by Gasteiger charge is 2.56. The first-order chi connectivity index (χ1) is 47.7.